The molecule has 0 bridgehead atoms. The monoisotopic (exact) mass is 338 g/mol. The molecule has 2 unspecified atom stereocenters. The van der Waals surface area contributed by atoms with Crippen molar-refractivity contribution in [2.24, 2.45) is 5.92 Å². The third kappa shape index (κ3) is 4.86. The van der Waals surface area contributed by atoms with Crippen molar-refractivity contribution in [3.63, 3.8) is 0 Å². The maximum absolute atomic E-state index is 10.7. The van der Waals surface area contributed by atoms with Gasteiger partial charge in [0.2, 0.25) is 0 Å². The van der Waals surface area contributed by atoms with Gasteiger partial charge in [0, 0.05) is 10.5 Å². The van der Waals surface area contributed by atoms with Crippen molar-refractivity contribution < 1.29 is 9.90 Å². The Labute approximate surface area is 127 Å². The van der Waals surface area contributed by atoms with Crippen molar-refractivity contribution in [3.05, 3.63) is 28.2 Å². The molecule has 1 rings (SSSR count). The van der Waals surface area contributed by atoms with Gasteiger partial charge in [0.25, 0.3) is 0 Å². The minimum absolute atomic E-state index is 0.192. The predicted octanol–water partition coefficient (Wildman–Crippen LogP) is 4.01. The third-order valence-electron chi connectivity index (χ3n) is 3.22. The van der Waals surface area contributed by atoms with Crippen LogP contribution in [0.3, 0.4) is 0 Å². The van der Waals surface area contributed by atoms with Crippen molar-refractivity contribution in [2.75, 3.05) is 5.32 Å². The average molecular weight is 339 g/mol. The van der Waals surface area contributed by atoms with Gasteiger partial charge >= 0.3 is 5.97 Å². The van der Waals surface area contributed by atoms with E-state index in [1.54, 1.807) is 6.92 Å². The quantitative estimate of drug-likeness (QED) is 0.787. The molecule has 108 valence electrons. The molecule has 0 saturated heterocycles. The standard InChI is InChI=1S/C15H19BrN2O2/c1-10(15(19)20)5-3-6-11(2)18-14-8-4-7-13(16)12(14)9-17/h4,7-8,10-11,18H,3,5-6H2,1-2H3,(H,19,20). The first-order chi connectivity index (χ1) is 9.45. The number of hydrogen-bond donors (Lipinski definition) is 2. The van der Waals surface area contributed by atoms with Gasteiger partial charge in [-0.2, -0.15) is 5.26 Å². The van der Waals surface area contributed by atoms with Crippen LogP contribution in [-0.2, 0) is 4.79 Å². The highest BCUT2D eigenvalue weighted by atomic mass is 79.9. The van der Waals surface area contributed by atoms with Gasteiger partial charge in [-0.25, -0.2) is 0 Å². The van der Waals surface area contributed by atoms with Crippen molar-refractivity contribution in [1.29, 1.82) is 5.26 Å². The van der Waals surface area contributed by atoms with Crippen LogP contribution in [0.15, 0.2) is 22.7 Å². The Morgan fingerprint density at radius 1 is 1.45 bits per heavy atom. The highest BCUT2D eigenvalue weighted by Crippen LogP contribution is 2.25. The van der Waals surface area contributed by atoms with Gasteiger partial charge in [0.05, 0.1) is 17.2 Å². The van der Waals surface area contributed by atoms with Crippen LogP contribution < -0.4 is 5.32 Å². The Morgan fingerprint density at radius 3 is 2.75 bits per heavy atom. The third-order valence-corrected chi connectivity index (χ3v) is 3.88. The van der Waals surface area contributed by atoms with Crippen LogP contribution in [0.1, 0.15) is 38.7 Å². The summed E-state index contributed by atoms with van der Waals surface area (Å²) in [6.07, 6.45) is 2.39. The number of carbonyl (C=O) groups is 1. The van der Waals surface area contributed by atoms with Gasteiger partial charge in [-0.15, -0.1) is 0 Å². The molecule has 0 saturated carbocycles. The molecule has 0 fully saturated rings. The Hall–Kier alpha value is -1.54. The molecular weight excluding hydrogens is 320 g/mol. The van der Waals surface area contributed by atoms with Gasteiger partial charge in [0.1, 0.15) is 6.07 Å². The number of carboxylic acids is 1. The Balaban J connectivity index is 2.51. The summed E-state index contributed by atoms with van der Waals surface area (Å²) in [5.41, 5.74) is 1.40. The number of nitrogens with one attached hydrogen (secondary N) is 1. The van der Waals surface area contributed by atoms with Crippen LogP contribution in [0, 0.1) is 17.2 Å². The first-order valence-electron chi connectivity index (χ1n) is 6.63. The summed E-state index contributed by atoms with van der Waals surface area (Å²) >= 11 is 3.36. The first-order valence-corrected chi connectivity index (χ1v) is 7.43. The van der Waals surface area contributed by atoms with Crippen LogP contribution in [0.2, 0.25) is 0 Å². The summed E-state index contributed by atoms with van der Waals surface area (Å²) in [5, 5.41) is 21.3. The molecule has 5 heteroatoms. The smallest absolute Gasteiger partial charge is 0.306 e. The fourth-order valence-corrected chi connectivity index (χ4v) is 2.40. The molecule has 1 aromatic rings. The van der Waals surface area contributed by atoms with Crippen LogP contribution in [0.25, 0.3) is 0 Å². The molecule has 0 radical (unpaired) electrons. The minimum Gasteiger partial charge on any atom is -0.481 e. The Morgan fingerprint density at radius 2 is 2.15 bits per heavy atom. The summed E-state index contributed by atoms with van der Waals surface area (Å²) in [5.74, 6) is -1.05. The molecule has 0 aliphatic heterocycles. The van der Waals surface area contributed by atoms with E-state index >= 15 is 0 Å². The zero-order valence-corrected chi connectivity index (χ0v) is 13.3. The van der Waals surface area contributed by atoms with Gasteiger partial charge in [0.15, 0.2) is 0 Å². The zero-order valence-electron chi connectivity index (χ0n) is 11.7. The van der Waals surface area contributed by atoms with E-state index in [1.807, 2.05) is 25.1 Å². The number of benzene rings is 1. The molecule has 0 heterocycles. The second-order valence-electron chi connectivity index (χ2n) is 4.99. The van der Waals surface area contributed by atoms with Crippen LogP contribution in [-0.4, -0.2) is 17.1 Å². The zero-order chi connectivity index (χ0) is 15.1. The number of aliphatic carboxylic acids is 1. The summed E-state index contributed by atoms with van der Waals surface area (Å²) in [4.78, 5) is 10.7. The molecule has 0 aliphatic carbocycles. The molecular formula is C15H19BrN2O2. The van der Waals surface area contributed by atoms with Crippen LogP contribution in [0.4, 0.5) is 5.69 Å². The SMILES string of the molecule is CC(CCCC(C)C(=O)O)Nc1cccc(Br)c1C#N. The highest BCUT2D eigenvalue weighted by molar-refractivity contribution is 9.10. The normalized spacial score (nSPS) is 13.3. The van der Waals surface area contributed by atoms with Gasteiger partial charge in [-0.1, -0.05) is 19.4 Å². The number of hydrogen-bond acceptors (Lipinski definition) is 3. The molecule has 4 nitrogen and oxygen atoms in total. The van der Waals surface area contributed by atoms with Gasteiger partial charge < -0.3 is 10.4 Å². The predicted molar refractivity (Wildman–Crippen MR) is 82.6 cm³/mol. The molecule has 1 aromatic carbocycles. The second kappa shape index (κ2) is 7.91. The van der Waals surface area contributed by atoms with E-state index in [4.69, 9.17) is 10.4 Å². The number of halogens is 1. The van der Waals surface area contributed by atoms with Crippen LogP contribution in [0.5, 0.6) is 0 Å². The molecule has 2 atom stereocenters. The summed E-state index contributed by atoms with van der Waals surface area (Å²) in [6, 6.07) is 7.96. The van der Waals surface area contributed by atoms with Crippen molar-refractivity contribution in [1.82, 2.24) is 0 Å². The number of nitriles is 1. The van der Waals surface area contributed by atoms with Crippen molar-refractivity contribution in [2.45, 2.75) is 39.2 Å². The Kier molecular flexibility index (Phi) is 6.53. The van der Waals surface area contributed by atoms with Gasteiger partial charge in [-0.05, 0) is 47.8 Å². The molecule has 0 aliphatic rings. The number of rotatable bonds is 7. The summed E-state index contributed by atoms with van der Waals surface area (Å²) in [6.45, 7) is 3.76. The molecule has 0 amide bonds. The van der Waals surface area contributed by atoms with Crippen molar-refractivity contribution >= 4 is 27.6 Å². The number of anilines is 1. The lowest BCUT2D eigenvalue weighted by atomic mass is 10.0. The fraction of sp³-hybridized carbons (Fsp3) is 0.467. The minimum atomic E-state index is -0.746. The lowest BCUT2D eigenvalue weighted by molar-refractivity contribution is -0.141. The van der Waals surface area contributed by atoms with E-state index in [1.165, 1.54) is 0 Å². The molecule has 20 heavy (non-hydrogen) atoms. The number of carboxylic acid groups (broad SMARTS) is 1. The fourth-order valence-electron chi connectivity index (χ4n) is 1.95. The topological polar surface area (TPSA) is 73.1 Å². The lowest BCUT2D eigenvalue weighted by Crippen LogP contribution is -2.17. The largest absolute Gasteiger partial charge is 0.481 e. The lowest BCUT2D eigenvalue weighted by Gasteiger charge is -2.17. The first kappa shape index (κ1) is 16.5. The molecule has 0 aromatic heterocycles. The van der Waals surface area contributed by atoms with E-state index < -0.39 is 5.97 Å². The van der Waals surface area contributed by atoms with E-state index in [0.717, 1.165) is 23.0 Å². The highest BCUT2D eigenvalue weighted by Gasteiger charge is 2.12. The van der Waals surface area contributed by atoms with Crippen LogP contribution >= 0.6 is 15.9 Å². The van der Waals surface area contributed by atoms with Gasteiger partial charge in [-0.3, -0.25) is 4.79 Å². The Bertz CT molecular complexity index is 511. The van der Waals surface area contributed by atoms with E-state index in [9.17, 15) is 4.79 Å². The average Bonchev–Trinajstić information content (AvgIpc) is 2.38. The number of nitrogens with zero attached hydrogens (tertiary/aromatic N) is 1. The second-order valence-corrected chi connectivity index (χ2v) is 5.84. The van der Waals surface area contributed by atoms with E-state index in [-0.39, 0.29) is 12.0 Å². The van der Waals surface area contributed by atoms with E-state index in [2.05, 4.69) is 27.3 Å². The maximum Gasteiger partial charge on any atom is 0.306 e. The molecule has 0 spiro atoms. The van der Waals surface area contributed by atoms with Crippen molar-refractivity contribution in [3.8, 4) is 6.07 Å². The molecule has 2 N–H and O–H groups in total. The van der Waals surface area contributed by atoms with E-state index in [0.29, 0.717) is 12.0 Å². The maximum atomic E-state index is 10.7. The summed E-state index contributed by atoms with van der Waals surface area (Å²) < 4.78 is 0.775. The summed E-state index contributed by atoms with van der Waals surface area (Å²) in [7, 11) is 0.